The number of nitrogens with one attached hydrogen (secondary N) is 1. The second-order valence-electron chi connectivity index (χ2n) is 11.5. The Balaban J connectivity index is 1.50. The maximum Gasteiger partial charge on any atom is 0.200 e. The van der Waals surface area contributed by atoms with Gasteiger partial charge in [-0.2, -0.15) is 0 Å². The minimum atomic E-state index is -1.86. The van der Waals surface area contributed by atoms with Crippen LogP contribution < -0.4 is 0 Å². The zero-order valence-corrected chi connectivity index (χ0v) is 22.1. The van der Waals surface area contributed by atoms with Gasteiger partial charge in [-0.15, -0.1) is 0 Å². The molecule has 0 saturated carbocycles. The number of rotatable bonds is 6. The second-order valence-corrected chi connectivity index (χ2v) is 17.0. The predicted octanol–water partition coefficient (Wildman–Crippen LogP) is 7.22. The monoisotopic (exact) mass is 450 g/mol. The van der Waals surface area contributed by atoms with Gasteiger partial charge in [0.1, 0.15) is 0 Å². The fourth-order valence-corrected chi connectivity index (χ4v) is 13.5. The Kier molecular flexibility index (Phi) is 5.71. The van der Waals surface area contributed by atoms with Crippen LogP contribution in [-0.4, -0.2) is 37.4 Å². The molecule has 4 aliphatic heterocycles. The van der Waals surface area contributed by atoms with Crippen molar-refractivity contribution in [1.29, 1.82) is 0 Å². The van der Waals surface area contributed by atoms with Gasteiger partial charge in [-0.05, 0) is 53.9 Å². The molecule has 5 heterocycles. The van der Waals surface area contributed by atoms with Crippen molar-refractivity contribution in [2.45, 2.75) is 90.0 Å². The van der Waals surface area contributed by atoms with E-state index in [4.69, 9.17) is 4.43 Å². The van der Waals surface area contributed by atoms with E-state index in [1.807, 2.05) is 0 Å². The molecule has 3 fully saturated rings. The van der Waals surface area contributed by atoms with Crippen LogP contribution in [0.2, 0.25) is 16.6 Å². The number of benzene rings is 1. The quantitative estimate of drug-likeness (QED) is 0.371. The molecule has 4 bridgehead atoms. The van der Waals surface area contributed by atoms with E-state index in [-0.39, 0.29) is 0 Å². The molecule has 1 aromatic heterocycles. The number of hydrogen-bond acceptors (Lipinski definition) is 2. The summed E-state index contributed by atoms with van der Waals surface area (Å²) < 4.78 is 7.22. The molecule has 3 nitrogen and oxygen atoms in total. The Labute approximate surface area is 195 Å². The first-order valence-corrected chi connectivity index (χ1v) is 15.1. The van der Waals surface area contributed by atoms with E-state index in [2.05, 4.69) is 88.7 Å². The number of aromatic amines is 1. The molecular weight excluding hydrogens is 408 g/mol. The minimum Gasteiger partial charge on any atom is -0.416 e. The van der Waals surface area contributed by atoms with Crippen molar-refractivity contribution in [2.75, 3.05) is 13.2 Å². The third-order valence-corrected chi connectivity index (χ3v) is 15.4. The first kappa shape index (κ1) is 22.4. The summed E-state index contributed by atoms with van der Waals surface area (Å²) in [7, 11) is -1.86. The van der Waals surface area contributed by atoms with Crippen molar-refractivity contribution >= 4 is 19.2 Å². The molecule has 3 saturated heterocycles. The third kappa shape index (κ3) is 3.13. The summed E-state index contributed by atoms with van der Waals surface area (Å²) in [5.74, 6) is 1.27. The molecule has 0 spiro atoms. The van der Waals surface area contributed by atoms with E-state index >= 15 is 0 Å². The first-order valence-electron chi connectivity index (χ1n) is 12.9. The van der Waals surface area contributed by atoms with Crippen molar-refractivity contribution in [2.24, 2.45) is 11.8 Å². The highest BCUT2D eigenvalue weighted by Crippen LogP contribution is 2.55. The zero-order chi connectivity index (χ0) is 22.8. The van der Waals surface area contributed by atoms with Crippen LogP contribution in [-0.2, 0) is 10.8 Å². The van der Waals surface area contributed by atoms with E-state index < -0.39 is 8.32 Å². The second kappa shape index (κ2) is 8.14. The van der Waals surface area contributed by atoms with Gasteiger partial charge in [-0.1, -0.05) is 71.4 Å². The number of para-hydroxylation sites is 1. The van der Waals surface area contributed by atoms with Crippen LogP contribution in [0.15, 0.2) is 35.9 Å². The van der Waals surface area contributed by atoms with Crippen molar-refractivity contribution in [3.05, 3.63) is 47.2 Å². The van der Waals surface area contributed by atoms with E-state index in [0.717, 1.165) is 19.6 Å². The normalized spacial score (nSPS) is 30.8. The lowest BCUT2D eigenvalue weighted by Crippen LogP contribution is -2.62. The molecule has 6 rings (SSSR count). The number of H-pyrrole nitrogens is 1. The van der Waals surface area contributed by atoms with Crippen molar-refractivity contribution in [1.82, 2.24) is 9.88 Å². The largest absolute Gasteiger partial charge is 0.416 e. The summed E-state index contributed by atoms with van der Waals surface area (Å²) in [6, 6.07) is 10.1. The van der Waals surface area contributed by atoms with Crippen LogP contribution in [0.5, 0.6) is 0 Å². The molecule has 174 valence electrons. The number of nitrogens with zero attached hydrogens (tertiary/aromatic N) is 1. The Bertz CT molecular complexity index is 998. The van der Waals surface area contributed by atoms with E-state index in [9.17, 15) is 0 Å². The van der Waals surface area contributed by atoms with E-state index in [1.54, 1.807) is 11.1 Å². The van der Waals surface area contributed by atoms with Gasteiger partial charge in [0.2, 0.25) is 0 Å². The van der Waals surface area contributed by atoms with Crippen LogP contribution in [0, 0.1) is 11.8 Å². The highest BCUT2D eigenvalue weighted by Gasteiger charge is 2.54. The average molecular weight is 451 g/mol. The van der Waals surface area contributed by atoms with E-state index in [1.165, 1.54) is 23.0 Å². The Morgan fingerprint density at radius 3 is 2.44 bits per heavy atom. The van der Waals surface area contributed by atoms with Gasteiger partial charge in [0.25, 0.3) is 0 Å². The molecule has 0 amide bonds. The summed E-state index contributed by atoms with van der Waals surface area (Å²) in [4.78, 5) is 6.64. The molecule has 32 heavy (non-hydrogen) atoms. The average Bonchev–Trinajstić information content (AvgIpc) is 3.13. The summed E-state index contributed by atoms with van der Waals surface area (Å²) in [6.45, 7) is 18.8. The van der Waals surface area contributed by atoms with Crippen LogP contribution in [0.4, 0.5) is 0 Å². The molecular formula is C28H42N2OSi. The summed E-state index contributed by atoms with van der Waals surface area (Å²) in [5.41, 5.74) is 7.97. The highest BCUT2D eigenvalue weighted by atomic mass is 28.4. The maximum atomic E-state index is 7.22. The Morgan fingerprint density at radius 1 is 1.09 bits per heavy atom. The molecule has 0 aliphatic carbocycles. The highest BCUT2D eigenvalue weighted by molar-refractivity contribution is 6.77. The minimum absolute atomic E-state index is 0.545. The van der Waals surface area contributed by atoms with Gasteiger partial charge >= 0.3 is 0 Å². The molecule has 1 aromatic carbocycles. The fraction of sp³-hybridized carbons (Fsp3) is 0.643. The Morgan fingerprint density at radius 2 is 1.78 bits per heavy atom. The molecule has 0 radical (unpaired) electrons. The summed E-state index contributed by atoms with van der Waals surface area (Å²) >= 11 is 0. The number of hydrogen-bond donors (Lipinski definition) is 1. The van der Waals surface area contributed by atoms with Crippen LogP contribution in [0.1, 0.15) is 72.2 Å². The molecule has 2 aromatic rings. The lowest BCUT2D eigenvalue weighted by Gasteiger charge is -2.59. The molecule has 1 unspecified atom stereocenters. The number of fused-ring (bicyclic) bond motifs is 4. The number of piperidine rings is 3. The van der Waals surface area contributed by atoms with Crippen LogP contribution >= 0.6 is 0 Å². The summed E-state index contributed by atoms with van der Waals surface area (Å²) in [5, 5.41) is 1.44. The van der Waals surface area contributed by atoms with Gasteiger partial charge in [-0.3, -0.25) is 4.90 Å². The fourth-order valence-electron chi connectivity index (χ4n) is 8.04. The van der Waals surface area contributed by atoms with Gasteiger partial charge in [0.05, 0.1) is 6.04 Å². The lowest BCUT2D eigenvalue weighted by molar-refractivity contribution is -0.0487. The van der Waals surface area contributed by atoms with Crippen molar-refractivity contribution in [3.8, 4) is 0 Å². The Hall–Kier alpha value is -1.36. The molecule has 5 atom stereocenters. The van der Waals surface area contributed by atoms with Gasteiger partial charge in [0, 0.05) is 41.7 Å². The molecule has 4 heteroatoms. The van der Waals surface area contributed by atoms with Crippen LogP contribution in [0.25, 0.3) is 10.9 Å². The zero-order valence-electron chi connectivity index (χ0n) is 21.1. The smallest absolute Gasteiger partial charge is 0.200 e. The van der Waals surface area contributed by atoms with Crippen molar-refractivity contribution < 1.29 is 4.43 Å². The summed E-state index contributed by atoms with van der Waals surface area (Å²) in [6.07, 6.45) is 4.81. The number of allylic oxidation sites excluding steroid dienone is 1. The van der Waals surface area contributed by atoms with Gasteiger partial charge < -0.3 is 9.41 Å². The SMILES string of the molecule is C/C=C1/CN2[C@H]3C[C@@H]1[C@@H](CO[Si](C(C)C)(C(C)C)C(C)C)[C@@H]2Cc1c3[nH]c2ccccc12. The van der Waals surface area contributed by atoms with E-state index in [0.29, 0.717) is 40.5 Å². The topological polar surface area (TPSA) is 28.3 Å². The predicted molar refractivity (Wildman–Crippen MR) is 138 cm³/mol. The van der Waals surface area contributed by atoms with Gasteiger partial charge in [-0.25, -0.2) is 0 Å². The molecule has 1 N–H and O–H groups in total. The van der Waals surface area contributed by atoms with Gasteiger partial charge in [0.15, 0.2) is 8.32 Å². The third-order valence-electron chi connectivity index (χ3n) is 9.35. The van der Waals surface area contributed by atoms with Crippen LogP contribution in [0.3, 0.4) is 0 Å². The first-order chi connectivity index (χ1) is 15.3. The maximum absolute atomic E-state index is 7.22. The molecule has 4 aliphatic rings. The standard InChI is InChI=1S/C28H42N2OSi/c1-8-20-15-30-26-14-23-21-11-9-10-12-25(21)29-28(23)27(30)13-22(20)24(26)16-31-32(17(2)3,18(4)5)19(6)7/h8-12,17-19,22,24,26-27,29H,13-16H2,1-7H3/b20-8-/t22-,24+,26-,27-/m0/s1. The van der Waals surface area contributed by atoms with Crippen molar-refractivity contribution in [3.63, 3.8) is 0 Å². The lowest BCUT2D eigenvalue weighted by atomic mass is 9.64. The number of aromatic nitrogens is 1.